The zero-order valence-corrected chi connectivity index (χ0v) is 18.9. The first-order valence-corrected chi connectivity index (χ1v) is 12.0. The van der Waals surface area contributed by atoms with Crippen molar-refractivity contribution in [3.8, 4) is 0 Å². The van der Waals surface area contributed by atoms with Crippen molar-refractivity contribution in [2.24, 2.45) is 4.99 Å². The lowest BCUT2D eigenvalue weighted by atomic mass is 9.98. The second-order valence-electron chi connectivity index (χ2n) is 7.54. The molecule has 0 N–H and O–H groups in total. The van der Waals surface area contributed by atoms with Gasteiger partial charge in [-0.15, -0.1) is 11.8 Å². The number of aliphatic imine (C=N–C) groups is 1. The lowest BCUT2D eigenvalue weighted by Gasteiger charge is -2.35. The number of nitrogens with zero attached hydrogens (tertiary/aromatic N) is 2. The summed E-state index contributed by atoms with van der Waals surface area (Å²) < 4.78 is 7.54. The van der Waals surface area contributed by atoms with E-state index in [0.29, 0.717) is 6.54 Å². The summed E-state index contributed by atoms with van der Waals surface area (Å²) in [5.41, 5.74) is 3.44. The predicted molar refractivity (Wildman–Crippen MR) is 128 cm³/mol. The van der Waals surface area contributed by atoms with Gasteiger partial charge in [-0.2, -0.15) is 0 Å². The Morgan fingerprint density at radius 2 is 1.87 bits per heavy atom. The summed E-state index contributed by atoms with van der Waals surface area (Å²) in [5, 5.41) is 4.38. The molecule has 0 radical (unpaired) electrons. The van der Waals surface area contributed by atoms with Gasteiger partial charge in [0.15, 0.2) is 6.23 Å². The molecule has 6 heteroatoms. The van der Waals surface area contributed by atoms with Gasteiger partial charge in [-0.1, -0.05) is 66.4 Å². The van der Waals surface area contributed by atoms with Crippen molar-refractivity contribution in [1.82, 2.24) is 0 Å². The van der Waals surface area contributed by atoms with Crippen molar-refractivity contribution in [2.45, 2.75) is 24.0 Å². The molecule has 0 aliphatic carbocycles. The standard InChI is InChI=1S/C24H24N2O2S2/c1-16(18-13-12-17-8-4-5-9-19(17)14-18)28-22-24(15-25-23(29-3)30-24)20-10-6-7-11-21(20)26(22)27-2/h4-14,16,22H,15H2,1-3H3/t16-,22+,24-/m1/s1. The molecule has 0 aromatic heterocycles. The molecule has 0 fully saturated rings. The third kappa shape index (κ3) is 3.14. The maximum atomic E-state index is 6.76. The topological polar surface area (TPSA) is 34.1 Å². The summed E-state index contributed by atoms with van der Waals surface area (Å²) in [6.07, 6.45) is 1.70. The molecule has 2 aliphatic rings. The van der Waals surface area contributed by atoms with Gasteiger partial charge in [-0.25, -0.2) is 5.06 Å². The smallest absolute Gasteiger partial charge is 0.176 e. The fourth-order valence-corrected chi connectivity index (χ4v) is 6.42. The first kappa shape index (κ1) is 19.9. The van der Waals surface area contributed by atoms with Crippen molar-refractivity contribution in [3.63, 3.8) is 0 Å². The zero-order valence-electron chi connectivity index (χ0n) is 17.2. The van der Waals surface area contributed by atoms with Crippen molar-refractivity contribution in [3.05, 3.63) is 77.9 Å². The van der Waals surface area contributed by atoms with E-state index >= 15 is 0 Å². The number of benzene rings is 3. The van der Waals surface area contributed by atoms with Crippen molar-refractivity contribution in [1.29, 1.82) is 0 Å². The Kier molecular flexibility index (Phi) is 5.27. The molecule has 3 atom stereocenters. The molecular formula is C24H24N2O2S2. The number of thioether (sulfide) groups is 2. The second-order valence-corrected chi connectivity index (χ2v) is 9.91. The number of para-hydroxylation sites is 1. The molecule has 3 aromatic rings. The molecule has 0 saturated carbocycles. The van der Waals surface area contributed by atoms with Crippen molar-refractivity contribution in [2.75, 3.05) is 25.0 Å². The van der Waals surface area contributed by atoms with Crippen LogP contribution in [0.5, 0.6) is 0 Å². The molecule has 0 amide bonds. The minimum Gasteiger partial charge on any atom is -0.347 e. The molecule has 154 valence electrons. The highest BCUT2D eigenvalue weighted by molar-refractivity contribution is 8.39. The van der Waals surface area contributed by atoms with Crippen LogP contribution in [0.15, 0.2) is 71.7 Å². The summed E-state index contributed by atoms with van der Waals surface area (Å²) in [5.74, 6) is 0. The maximum absolute atomic E-state index is 6.76. The summed E-state index contributed by atoms with van der Waals surface area (Å²) in [6.45, 7) is 2.80. The van der Waals surface area contributed by atoms with Gasteiger partial charge in [0.05, 0.1) is 25.4 Å². The average molecular weight is 437 g/mol. The van der Waals surface area contributed by atoms with Crippen LogP contribution in [0.3, 0.4) is 0 Å². The van der Waals surface area contributed by atoms with Gasteiger partial charge in [0, 0.05) is 5.56 Å². The number of hydroxylamine groups is 1. The Bertz CT molecular complexity index is 1120. The molecular weight excluding hydrogens is 412 g/mol. The number of ether oxygens (including phenoxy) is 1. The Labute approximate surface area is 185 Å². The quantitative estimate of drug-likeness (QED) is 0.502. The van der Waals surface area contributed by atoms with E-state index in [0.717, 1.165) is 15.6 Å². The third-order valence-electron chi connectivity index (χ3n) is 5.87. The lowest BCUT2D eigenvalue weighted by molar-refractivity contribution is -0.0681. The highest BCUT2D eigenvalue weighted by atomic mass is 32.2. The number of hydrogen-bond donors (Lipinski definition) is 0. The number of rotatable bonds is 4. The number of hydrogen-bond acceptors (Lipinski definition) is 6. The van der Waals surface area contributed by atoms with Gasteiger partial charge < -0.3 is 4.74 Å². The molecule has 0 saturated heterocycles. The number of fused-ring (bicyclic) bond motifs is 3. The van der Waals surface area contributed by atoms with Gasteiger partial charge >= 0.3 is 0 Å². The normalized spacial score (nSPS) is 23.8. The van der Waals surface area contributed by atoms with Gasteiger partial charge in [-0.05, 0) is 41.6 Å². The first-order valence-electron chi connectivity index (χ1n) is 10.0. The highest BCUT2D eigenvalue weighted by Crippen LogP contribution is 2.57. The summed E-state index contributed by atoms with van der Waals surface area (Å²) in [4.78, 5) is 10.7. The van der Waals surface area contributed by atoms with Crippen LogP contribution in [0.1, 0.15) is 24.2 Å². The van der Waals surface area contributed by atoms with E-state index in [2.05, 4.69) is 73.8 Å². The van der Waals surface area contributed by atoms with Crippen LogP contribution in [-0.4, -0.2) is 30.5 Å². The van der Waals surface area contributed by atoms with Crippen LogP contribution in [-0.2, 0) is 14.3 Å². The van der Waals surface area contributed by atoms with Gasteiger partial charge in [-0.3, -0.25) is 9.83 Å². The largest absolute Gasteiger partial charge is 0.347 e. The van der Waals surface area contributed by atoms with Gasteiger partial charge in [0.1, 0.15) is 9.12 Å². The molecule has 0 unspecified atom stereocenters. The summed E-state index contributed by atoms with van der Waals surface area (Å²) in [6, 6.07) is 23.4. The van der Waals surface area contributed by atoms with E-state index in [1.807, 2.05) is 11.1 Å². The van der Waals surface area contributed by atoms with Crippen LogP contribution >= 0.6 is 23.5 Å². The SMILES string of the molecule is CON1c2ccccc2[C@]2(CN=C(SC)S2)[C@@H]1O[C@H](C)c1ccc2ccccc2c1. The average Bonchev–Trinajstić information content (AvgIpc) is 3.34. The van der Waals surface area contributed by atoms with E-state index < -0.39 is 0 Å². The Balaban J connectivity index is 1.51. The Morgan fingerprint density at radius 3 is 2.63 bits per heavy atom. The third-order valence-corrected chi connectivity index (χ3v) is 8.32. The number of anilines is 1. The fourth-order valence-electron chi connectivity index (χ4n) is 4.34. The Morgan fingerprint density at radius 1 is 1.10 bits per heavy atom. The maximum Gasteiger partial charge on any atom is 0.176 e. The summed E-state index contributed by atoms with van der Waals surface area (Å²) in [7, 11) is 1.71. The monoisotopic (exact) mass is 436 g/mol. The Hall–Kier alpha value is -1.99. The van der Waals surface area contributed by atoms with Crippen molar-refractivity contribution < 1.29 is 9.57 Å². The van der Waals surface area contributed by atoms with E-state index in [4.69, 9.17) is 14.6 Å². The molecule has 0 bridgehead atoms. The minimum absolute atomic E-state index is 0.0950. The van der Waals surface area contributed by atoms with Gasteiger partial charge in [0.2, 0.25) is 0 Å². The molecule has 1 spiro atoms. The first-order chi connectivity index (χ1) is 14.7. The predicted octanol–water partition coefficient (Wildman–Crippen LogP) is 5.99. The van der Waals surface area contributed by atoms with Crippen molar-refractivity contribution >= 4 is 44.4 Å². The highest BCUT2D eigenvalue weighted by Gasteiger charge is 2.56. The molecule has 4 nitrogen and oxygen atoms in total. The van der Waals surface area contributed by atoms with Crippen LogP contribution in [0.2, 0.25) is 0 Å². The molecule has 2 aliphatic heterocycles. The molecule has 2 heterocycles. The zero-order chi connectivity index (χ0) is 20.7. The van der Waals surface area contributed by atoms with Gasteiger partial charge in [0.25, 0.3) is 0 Å². The summed E-state index contributed by atoms with van der Waals surface area (Å²) >= 11 is 3.49. The molecule has 30 heavy (non-hydrogen) atoms. The van der Waals surface area contributed by atoms with Crippen LogP contribution in [0.4, 0.5) is 5.69 Å². The second kappa shape index (κ2) is 7.93. The van der Waals surface area contributed by atoms with Crippen LogP contribution < -0.4 is 5.06 Å². The van der Waals surface area contributed by atoms with E-state index in [1.165, 1.54) is 16.3 Å². The minimum atomic E-state index is -0.309. The molecule has 5 rings (SSSR count). The van der Waals surface area contributed by atoms with E-state index in [-0.39, 0.29) is 17.1 Å². The lowest BCUT2D eigenvalue weighted by Crippen LogP contribution is -2.45. The van der Waals surface area contributed by atoms with E-state index in [9.17, 15) is 0 Å². The fraction of sp³-hybridized carbons (Fsp3) is 0.292. The van der Waals surface area contributed by atoms with Crippen LogP contribution in [0.25, 0.3) is 10.8 Å². The van der Waals surface area contributed by atoms with E-state index in [1.54, 1.807) is 30.6 Å². The van der Waals surface area contributed by atoms with Crippen LogP contribution in [0, 0.1) is 0 Å². The molecule has 3 aromatic carbocycles.